The third-order valence-corrected chi connectivity index (χ3v) is 6.02. The second-order valence-electron chi connectivity index (χ2n) is 7.90. The van der Waals surface area contributed by atoms with Gasteiger partial charge < -0.3 is 23.7 Å². The van der Waals surface area contributed by atoms with E-state index in [1.807, 2.05) is 38.1 Å². The van der Waals surface area contributed by atoms with Crippen LogP contribution in [0.3, 0.4) is 0 Å². The summed E-state index contributed by atoms with van der Waals surface area (Å²) in [4.78, 5) is 12.4. The van der Waals surface area contributed by atoms with Gasteiger partial charge in [0.2, 0.25) is 5.79 Å². The van der Waals surface area contributed by atoms with Crippen molar-refractivity contribution in [1.82, 2.24) is 0 Å². The number of hydrogen-bond acceptors (Lipinski definition) is 6. The van der Waals surface area contributed by atoms with Gasteiger partial charge in [-0.05, 0) is 43.7 Å². The summed E-state index contributed by atoms with van der Waals surface area (Å²) in [6.45, 7) is 4.22. The second-order valence-corrected chi connectivity index (χ2v) is 8.81. The zero-order chi connectivity index (χ0) is 20.2. The van der Waals surface area contributed by atoms with Crippen molar-refractivity contribution < 1.29 is 28.5 Å². The molecule has 0 saturated carbocycles. The summed E-state index contributed by atoms with van der Waals surface area (Å²) in [7, 11) is 0. The summed E-state index contributed by atoms with van der Waals surface area (Å²) in [5.74, 6) is -2.24. The average molecular weight is 461 g/mol. The SMILES string of the molecule is CC1(C)O[C@H]2[C@@H](O1)[C@@]1(OCc3ccccc31)O[C@@H]2COC(=O)c1ccc(Br)cc1. The van der Waals surface area contributed by atoms with Gasteiger partial charge in [-0.15, -0.1) is 0 Å². The fraction of sp³-hybridized carbons (Fsp3) is 0.409. The monoisotopic (exact) mass is 460 g/mol. The van der Waals surface area contributed by atoms with Gasteiger partial charge >= 0.3 is 5.97 Å². The number of ether oxygens (including phenoxy) is 5. The topological polar surface area (TPSA) is 63.2 Å². The first-order chi connectivity index (χ1) is 13.9. The standard InChI is InChI=1S/C22H21BrO6/c1-21(2)28-18-17(12-25-20(24)13-7-9-15(23)10-8-13)27-22(19(18)29-21)16-6-4-3-5-14(16)11-26-22/h3-10,17-19H,11-12H2,1-2H3/t17-,18-,19-,22+/m1/s1. The van der Waals surface area contributed by atoms with E-state index in [0.29, 0.717) is 12.2 Å². The molecule has 3 aliphatic rings. The van der Waals surface area contributed by atoms with Gasteiger partial charge in [0.25, 0.3) is 0 Å². The number of esters is 1. The van der Waals surface area contributed by atoms with E-state index in [1.165, 1.54) is 0 Å². The van der Waals surface area contributed by atoms with E-state index in [4.69, 9.17) is 23.7 Å². The van der Waals surface area contributed by atoms with Crippen LogP contribution in [0, 0.1) is 0 Å². The minimum absolute atomic E-state index is 0.0444. The van der Waals surface area contributed by atoms with Crippen LogP contribution in [0.4, 0.5) is 0 Å². The summed E-state index contributed by atoms with van der Waals surface area (Å²) in [5, 5.41) is 0. The molecule has 29 heavy (non-hydrogen) atoms. The van der Waals surface area contributed by atoms with Gasteiger partial charge in [-0.25, -0.2) is 4.79 Å². The van der Waals surface area contributed by atoms with Crippen molar-refractivity contribution in [2.24, 2.45) is 0 Å². The minimum atomic E-state index is -1.05. The van der Waals surface area contributed by atoms with Crippen LogP contribution in [0.5, 0.6) is 0 Å². The van der Waals surface area contributed by atoms with Crippen molar-refractivity contribution in [3.8, 4) is 0 Å². The molecule has 4 atom stereocenters. The molecule has 2 saturated heterocycles. The number of carbonyl (C=O) groups is 1. The Kier molecular flexibility index (Phi) is 4.56. The van der Waals surface area contributed by atoms with Crippen molar-refractivity contribution in [2.45, 2.75) is 50.3 Å². The van der Waals surface area contributed by atoms with E-state index in [1.54, 1.807) is 24.3 Å². The Morgan fingerprint density at radius 2 is 1.86 bits per heavy atom. The number of hydrogen-bond donors (Lipinski definition) is 0. The molecule has 6 nitrogen and oxygen atoms in total. The summed E-state index contributed by atoms with van der Waals surface area (Å²) in [6, 6.07) is 15.0. The fourth-order valence-electron chi connectivity index (χ4n) is 4.25. The highest BCUT2D eigenvalue weighted by Gasteiger charge is 2.66. The van der Waals surface area contributed by atoms with Gasteiger partial charge in [0.1, 0.15) is 24.9 Å². The van der Waals surface area contributed by atoms with Crippen molar-refractivity contribution in [2.75, 3.05) is 6.61 Å². The fourth-order valence-corrected chi connectivity index (χ4v) is 4.52. The molecule has 152 valence electrons. The van der Waals surface area contributed by atoms with Gasteiger partial charge in [0.15, 0.2) is 5.79 Å². The molecule has 0 unspecified atom stereocenters. The van der Waals surface area contributed by atoms with E-state index in [-0.39, 0.29) is 6.61 Å². The first-order valence-corrected chi connectivity index (χ1v) is 10.4. The first kappa shape index (κ1) is 19.2. The first-order valence-electron chi connectivity index (χ1n) is 9.56. The Labute approximate surface area is 177 Å². The number of carbonyl (C=O) groups excluding carboxylic acids is 1. The third-order valence-electron chi connectivity index (χ3n) is 5.49. The quantitative estimate of drug-likeness (QED) is 0.647. The molecule has 0 amide bonds. The van der Waals surface area contributed by atoms with Crippen LogP contribution in [-0.4, -0.2) is 36.7 Å². The van der Waals surface area contributed by atoms with Gasteiger partial charge in [-0.1, -0.05) is 40.2 Å². The minimum Gasteiger partial charge on any atom is -0.459 e. The zero-order valence-corrected chi connectivity index (χ0v) is 17.7. The molecule has 2 fully saturated rings. The highest BCUT2D eigenvalue weighted by molar-refractivity contribution is 9.10. The van der Waals surface area contributed by atoms with Crippen molar-refractivity contribution in [3.63, 3.8) is 0 Å². The molecule has 3 heterocycles. The molecule has 0 aromatic heterocycles. The smallest absolute Gasteiger partial charge is 0.338 e. The van der Waals surface area contributed by atoms with Crippen LogP contribution in [0.2, 0.25) is 0 Å². The molecule has 2 aromatic rings. The molecular weight excluding hydrogens is 440 g/mol. The molecule has 5 rings (SSSR count). The molecule has 2 aromatic carbocycles. The maximum absolute atomic E-state index is 12.4. The molecular formula is C22H21BrO6. The number of fused-ring (bicyclic) bond motifs is 4. The summed E-state index contributed by atoms with van der Waals surface area (Å²) in [6.07, 6.45) is -1.36. The zero-order valence-electron chi connectivity index (χ0n) is 16.1. The highest BCUT2D eigenvalue weighted by Crippen LogP contribution is 2.53. The maximum atomic E-state index is 12.4. The third kappa shape index (κ3) is 3.21. The molecule has 0 radical (unpaired) electrons. The van der Waals surface area contributed by atoms with E-state index < -0.39 is 35.9 Å². The van der Waals surface area contributed by atoms with Crippen molar-refractivity contribution in [3.05, 3.63) is 69.7 Å². The molecule has 0 aliphatic carbocycles. The van der Waals surface area contributed by atoms with Crippen LogP contribution < -0.4 is 0 Å². The van der Waals surface area contributed by atoms with Crippen LogP contribution in [0.25, 0.3) is 0 Å². The molecule has 3 aliphatic heterocycles. The Bertz CT molecular complexity index is 943. The number of rotatable bonds is 3. The van der Waals surface area contributed by atoms with E-state index in [2.05, 4.69) is 15.9 Å². The lowest BCUT2D eigenvalue weighted by atomic mass is 9.96. The van der Waals surface area contributed by atoms with Gasteiger partial charge in [0.05, 0.1) is 12.2 Å². The van der Waals surface area contributed by atoms with Crippen LogP contribution >= 0.6 is 15.9 Å². The van der Waals surface area contributed by atoms with E-state index in [9.17, 15) is 4.79 Å². The second kappa shape index (κ2) is 6.89. The Balaban J connectivity index is 1.38. The number of halogens is 1. The molecule has 0 N–H and O–H groups in total. The van der Waals surface area contributed by atoms with Crippen molar-refractivity contribution >= 4 is 21.9 Å². The lowest BCUT2D eigenvalue weighted by Gasteiger charge is -2.31. The summed E-state index contributed by atoms with van der Waals surface area (Å²) in [5.41, 5.74) is 2.48. The average Bonchev–Trinajstić information content (AvgIpc) is 3.32. The molecule has 1 spiro atoms. The largest absolute Gasteiger partial charge is 0.459 e. The maximum Gasteiger partial charge on any atom is 0.338 e. The van der Waals surface area contributed by atoms with Crippen LogP contribution in [0.15, 0.2) is 53.0 Å². The lowest BCUT2D eigenvalue weighted by Crippen LogP contribution is -2.40. The number of benzene rings is 2. The van der Waals surface area contributed by atoms with E-state index >= 15 is 0 Å². The van der Waals surface area contributed by atoms with Crippen LogP contribution in [0.1, 0.15) is 35.3 Å². The van der Waals surface area contributed by atoms with Gasteiger partial charge in [-0.3, -0.25) is 0 Å². The van der Waals surface area contributed by atoms with Gasteiger partial charge in [0, 0.05) is 10.0 Å². The van der Waals surface area contributed by atoms with Gasteiger partial charge in [-0.2, -0.15) is 0 Å². The predicted molar refractivity (Wildman–Crippen MR) is 106 cm³/mol. The summed E-state index contributed by atoms with van der Waals surface area (Å²) < 4.78 is 31.2. The Morgan fingerprint density at radius 1 is 1.10 bits per heavy atom. The van der Waals surface area contributed by atoms with Crippen molar-refractivity contribution in [1.29, 1.82) is 0 Å². The lowest BCUT2D eigenvalue weighted by molar-refractivity contribution is -0.297. The highest BCUT2D eigenvalue weighted by atomic mass is 79.9. The van der Waals surface area contributed by atoms with Crippen LogP contribution in [-0.2, 0) is 36.1 Å². The molecule has 7 heteroatoms. The van der Waals surface area contributed by atoms with E-state index in [0.717, 1.165) is 15.6 Å². The summed E-state index contributed by atoms with van der Waals surface area (Å²) >= 11 is 3.36. The predicted octanol–water partition coefficient (Wildman–Crippen LogP) is 3.91. The molecule has 0 bridgehead atoms. The normalized spacial score (nSPS) is 31.6. The Hall–Kier alpha value is -1.77. The Morgan fingerprint density at radius 3 is 2.66 bits per heavy atom.